The maximum absolute atomic E-state index is 9.16. The molecule has 18 heavy (non-hydrogen) atoms. The van der Waals surface area contributed by atoms with Crippen LogP contribution in [0.1, 0.15) is 18.4 Å². The Labute approximate surface area is 108 Å². The van der Waals surface area contributed by atoms with Crippen LogP contribution in [0, 0.1) is 11.3 Å². The zero-order valence-corrected chi connectivity index (χ0v) is 10.9. The van der Waals surface area contributed by atoms with Crippen molar-refractivity contribution in [3.05, 3.63) is 23.8 Å². The number of rotatable bonds is 3. The average molecular weight is 245 g/mol. The Bertz CT molecular complexity index is 445. The summed E-state index contributed by atoms with van der Waals surface area (Å²) < 4.78 is 5.33. The molecule has 1 aromatic carbocycles. The summed E-state index contributed by atoms with van der Waals surface area (Å²) in [6, 6.07) is 8.19. The Balaban J connectivity index is 2.15. The lowest BCUT2D eigenvalue weighted by atomic mass is 10.0. The van der Waals surface area contributed by atoms with Crippen LogP contribution in [0.15, 0.2) is 18.2 Å². The number of ether oxygens (including phenoxy) is 1. The molecular formula is C14H19N3O. The van der Waals surface area contributed by atoms with Crippen molar-refractivity contribution in [3.63, 3.8) is 0 Å². The minimum Gasteiger partial charge on any atom is -0.495 e. The lowest BCUT2D eigenvalue weighted by Gasteiger charge is -2.30. The molecule has 4 heteroatoms. The van der Waals surface area contributed by atoms with E-state index in [2.05, 4.69) is 23.3 Å². The minimum atomic E-state index is 0.421. The highest BCUT2D eigenvalue weighted by Gasteiger charge is 2.19. The van der Waals surface area contributed by atoms with Gasteiger partial charge in [-0.2, -0.15) is 5.26 Å². The van der Waals surface area contributed by atoms with Crippen molar-refractivity contribution in [2.24, 2.45) is 0 Å². The van der Waals surface area contributed by atoms with Crippen molar-refractivity contribution in [1.29, 1.82) is 5.26 Å². The molecule has 1 saturated heterocycles. The largest absolute Gasteiger partial charge is 0.495 e. The summed E-state index contributed by atoms with van der Waals surface area (Å²) in [6.45, 7) is 2.18. The number of hydrogen-bond acceptors (Lipinski definition) is 4. The van der Waals surface area contributed by atoms with Crippen LogP contribution in [-0.2, 0) is 0 Å². The fraction of sp³-hybridized carbons (Fsp3) is 0.500. The number of anilines is 1. The van der Waals surface area contributed by atoms with Gasteiger partial charge in [0.2, 0.25) is 0 Å². The van der Waals surface area contributed by atoms with Gasteiger partial charge >= 0.3 is 0 Å². The van der Waals surface area contributed by atoms with E-state index >= 15 is 0 Å². The topological polar surface area (TPSA) is 48.3 Å². The molecule has 1 aliphatic heterocycles. The van der Waals surface area contributed by atoms with Crippen LogP contribution in [0.5, 0.6) is 5.75 Å². The third-order valence-electron chi connectivity index (χ3n) is 3.43. The Kier molecular flexibility index (Phi) is 4.06. The number of para-hydroxylation sites is 1. The molecule has 0 bridgehead atoms. The molecule has 0 spiro atoms. The van der Waals surface area contributed by atoms with E-state index in [-0.39, 0.29) is 0 Å². The number of hydrogen-bond donors (Lipinski definition) is 1. The van der Waals surface area contributed by atoms with E-state index in [0.717, 1.165) is 37.4 Å². The van der Waals surface area contributed by atoms with E-state index in [0.29, 0.717) is 11.6 Å². The third kappa shape index (κ3) is 2.74. The number of nitrogens with one attached hydrogen (secondary N) is 1. The smallest absolute Gasteiger partial charge is 0.143 e. The van der Waals surface area contributed by atoms with Crippen molar-refractivity contribution < 1.29 is 4.74 Å². The molecule has 0 unspecified atom stereocenters. The van der Waals surface area contributed by atoms with Crippen molar-refractivity contribution in [1.82, 2.24) is 4.90 Å². The van der Waals surface area contributed by atoms with Gasteiger partial charge in [-0.15, -0.1) is 0 Å². The first-order chi connectivity index (χ1) is 8.74. The summed E-state index contributed by atoms with van der Waals surface area (Å²) in [7, 11) is 3.77. The molecule has 96 valence electrons. The molecule has 1 N–H and O–H groups in total. The zero-order chi connectivity index (χ0) is 13.0. The maximum atomic E-state index is 9.16. The fourth-order valence-corrected chi connectivity index (χ4v) is 2.30. The molecule has 1 aromatic rings. The van der Waals surface area contributed by atoms with Gasteiger partial charge in [0, 0.05) is 6.04 Å². The molecule has 1 heterocycles. The van der Waals surface area contributed by atoms with E-state index in [1.54, 1.807) is 7.11 Å². The number of methoxy groups -OCH3 is 1. The average Bonchev–Trinajstić information content (AvgIpc) is 2.41. The summed E-state index contributed by atoms with van der Waals surface area (Å²) >= 11 is 0. The first-order valence-electron chi connectivity index (χ1n) is 6.26. The van der Waals surface area contributed by atoms with Gasteiger partial charge in [0.1, 0.15) is 11.8 Å². The lowest BCUT2D eigenvalue weighted by Crippen LogP contribution is -2.36. The second-order valence-corrected chi connectivity index (χ2v) is 4.72. The Hall–Kier alpha value is -1.73. The first-order valence-corrected chi connectivity index (χ1v) is 6.26. The number of benzene rings is 1. The van der Waals surface area contributed by atoms with Crippen molar-refractivity contribution in [2.45, 2.75) is 18.9 Å². The molecular weight excluding hydrogens is 226 g/mol. The summed E-state index contributed by atoms with van der Waals surface area (Å²) in [5.41, 5.74) is 1.48. The molecule has 4 nitrogen and oxygen atoms in total. The van der Waals surface area contributed by atoms with Gasteiger partial charge in [-0.05, 0) is 45.1 Å². The summed E-state index contributed by atoms with van der Waals surface area (Å²) in [6.07, 6.45) is 2.19. The van der Waals surface area contributed by atoms with E-state index in [9.17, 15) is 0 Å². The second-order valence-electron chi connectivity index (χ2n) is 4.72. The Morgan fingerprint density at radius 2 is 2.11 bits per heavy atom. The predicted molar refractivity (Wildman–Crippen MR) is 71.9 cm³/mol. The van der Waals surface area contributed by atoms with Crippen molar-refractivity contribution >= 4 is 5.69 Å². The van der Waals surface area contributed by atoms with Gasteiger partial charge in [0.25, 0.3) is 0 Å². The Morgan fingerprint density at radius 3 is 2.72 bits per heavy atom. The number of piperidine rings is 1. The number of likely N-dealkylation sites (tertiary alicyclic amines) is 1. The second kappa shape index (κ2) is 5.74. The highest BCUT2D eigenvalue weighted by Crippen LogP contribution is 2.29. The van der Waals surface area contributed by atoms with Crippen molar-refractivity contribution in [2.75, 3.05) is 32.6 Å². The van der Waals surface area contributed by atoms with Crippen LogP contribution in [0.2, 0.25) is 0 Å². The van der Waals surface area contributed by atoms with E-state index in [1.807, 2.05) is 18.2 Å². The molecule has 0 radical (unpaired) electrons. The monoisotopic (exact) mass is 245 g/mol. The van der Waals surface area contributed by atoms with Crippen LogP contribution in [0.25, 0.3) is 0 Å². The highest BCUT2D eigenvalue weighted by atomic mass is 16.5. The molecule has 1 aliphatic rings. The highest BCUT2D eigenvalue weighted by molar-refractivity contribution is 5.66. The van der Waals surface area contributed by atoms with Crippen LogP contribution in [-0.4, -0.2) is 38.2 Å². The molecule has 2 rings (SSSR count). The van der Waals surface area contributed by atoms with Crippen molar-refractivity contribution in [3.8, 4) is 11.8 Å². The number of nitriles is 1. The quantitative estimate of drug-likeness (QED) is 0.885. The Morgan fingerprint density at radius 1 is 1.39 bits per heavy atom. The molecule has 0 aromatic heterocycles. The standard InChI is InChI=1S/C14H19N3O/c1-17-8-6-12(7-9-17)16-14-11(10-15)4-3-5-13(14)18-2/h3-5,12,16H,6-9H2,1-2H3. The third-order valence-corrected chi connectivity index (χ3v) is 3.43. The van der Waals surface area contributed by atoms with Gasteiger partial charge in [-0.25, -0.2) is 0 Å². The summed E-state index contributed by atoms with van der Waals surface area (Å²) in [5.74, 6) is 0.743. The normalized spacial score (nSPS) is 17.2. The van der Waals surface area contributed by atoms with Crippen LogP contribution in [0.3, 0.4) is 0 Å². The summed E-state index contributed by atoms with van der Waals surface area (Å²) in [4.78, 5) is 2.33. The van der Waals surface area contributed by atoms with Crippen LogP contribution >= 0.6 is 0 Å². The van der Waals surface area contributed by atoms with Crippen LogP contribution < -0.4 is 10.1 Å². The molecule has 1 fully saturated rings. The molecule has 0 amide bonds. The molecule has 0 aliphatic carbocycles. The van der Waals surface area contributed by atoms with Gasteiger partial charge < -0.3 is 15.0 Å². The SMILES string of the molecule is COc1cccc(C#N)c1NC1CCN(C)CC1. The lowest BCUT2D eigenvalue weighted by molar-refractivity contribution is 0.263. The number of nitrogens with zero attached hydrogens (tertiary/aromatic N) is 2. The predicted octanol–water partition coefficient (Wildman–Crippen LogP) is 2.07. The van der Waals surface area contributed by atoms with Gasteiger partial charge in [-0.3, -0.25) is 0 Å². The first kappa shape index (κ1) is 12.7. The van der Waals surface area contributed by atoms with Gasteiger partial charge in [0.15, 0.2) is 0 Å². The summed E-state index contributed by atoms with van der Waals surface area (Å²) in [5, 5.41) is 12.6. The van der Waals surface area contributed by atoms with Gasteiger partial charge in [0.05, 0.1) is 18.4 Å². The van der Waals surface area contributed by atoms with E-state index < -0.39 is 0 Å². The van der Waals surface area contributed by atoms with Crippen LogP contribution in [0.4, 0.5) is 5.69 Å². The van der Waals surface area contributed by atoms with E-state index in [1.165, 1.54) is 0 Å². The van der Waals surface area contributed by atoms with Gasteiger partial charge in [-0.1, -0.05) is 6.07 Å². The fourth-order valence-electron chi connectivity index (χ4n) is 2.30. The maximum Gasteiger partial charge on any atom is 0.143 e. The minimum absolute atomic E-state index is 0.421. The van der Waals surface area contributed by atoms with E-state index in [4.69, 9.17) is 10.00 Å². The molecule has 0 atom stereocenters. The zero-order valence-electron chi connectivity index (χ0n) is 10.9. The molecule has 0 saturated carbocycles.